The normalized spacial score (nSPS) is 12.7. The Morgan fingerprint density at radius 2 is 1.51 bits per heavy atom. The second kappa shape index (κ2) is 21.2. The quantitative estimate of drug-likeness (QED) is 0.109. The van der Waals surface area contributed by atoms with E-state index in [0.717, 1.165) is 5.56 Å². The van der Waals surface area contributed by atoms with Gasteiger partial charge >= 0.3 is 0 Å². The predicted molar refractivity (Wildman–Crippen MR) is 149 cm³/mol. The molecule has 0 aliphatic carbocycles. The minimum Gasteiger partial charge on any atom is -0.392 e. The molecule has 0 aromatic heterocycles. The van der Waals surface area contributed by atoms with Crippen molar-refractivity contribution in [3.8, 4) is 0 Å². The molecule has 1 aromatic rings. The predicted octanol–water partition coefficient (Wildman–Crippen LogP) is 0.141. The van der Waals surface area contributed by atoms with Crippen LogP contribution in [0.5, 0.6) is 0 Å². The Kier molecular flexibility index (Phi) is 18.7. The van der Waals surface area contributed by atoms with E-state index in [4.69, 9.17) is 19.9 Å². The van der Waals surface area contributed by atoms with Crippen molar-refractivity contribution in [2.75, 3.05) is 65.1 Å². The Bertz CT molecular complexity index is 823. The van der Waals surface area contributed by atoms with Gasteiger partial charge in [0.1, 0.15) is 12.1 Å². The van der Waals surface area contributed by atoms with Gasteiger partial charge in [0.25, 0.3) is 0 Å². The van der Waals surface area contributed by atoms with Gasteiger partial charge in [-0.3, -0.25) is 14.4 Å². The van der Waals surface area contributed by atoms with E-state index in [9.17, 15) is 19.5 Å². The fourth-order valence-electron chi connectivity index (χ4n) is 3.51. The maximum absolute atomic E-state index is 13.1. The number of carbonyl (C=O) groups excluding carboxylic acids is 3. The lowest BCUT2D eigenvalue weighted by molar-refractivity contribution is -0.132. The molecule has 0 saturated carbocycles. The molecule has 12 heteroatoms. The van der Waals surface area contributed by atoms with E-state index in [0.29, 0.717) is 64.7 Å². The van der Waals surface area contributed by atoms with Crippen LogP contribution in [0.3, 0.4) is 0 Å². The monoisotopic (exact) mass is 553 g/mol. The highest BCUT2D eigenvalue weighted by Gasteiger charge is 2.28. The lowest BCUT2D eigenvalue weighted by Gasteiger charge is -2.25. The third kappa shape index (κ3) is 15.5. The molecule has 2 atom stereocenters. The fraction of sp³-hybridized carbons (Fsp3) is 0.667. The molecule has 0 heterocycles. The standard InChI is InChI=1S/C27H47N5O7/c1-20(2)25(32-24(34)10-13-37-15-17-39-18-16-38-14-11-28)27(36)31-23(5-4-12-29-3)26(35)30-22-8-6-21(19-33)7-9-22/h6-9,20,23,25,29,33H,4-5,10-19,28H2,1-3H3,(H,30,35)(H,31,36)(H,32,34). The molecule has 0 fully saturated rings. The molecule has 0 saturated heterocycles. The number of rotatable bonds is 22. The van der Waals surface area contributed by atoms with Crippen LogP contribution in [-0.4, -0.2) is 94.7 Å². The highest BCUT2D eigenvalue weighted by Crippen LogP contribution is 2.12. The topological polar surface area (TPSA) is 173 Å². The van der Waals surface area contributed by atoms with Crippen LogP contribution in [-0.2, 0) is 35.2 Å². The number of nitrogens with two attached hydrogens (primary N) is 1. The van der Waals surface area contributed by atoms with Gasteiger partial charge in [0.2, 0.25) is 17.7 Å². The molecule has 0 aliphatic heterocycles. The van der Waals surface area contributed by atoms with Gasteiger partial charge in [-0.25, -0.2) is 0 Å². The molecule has 0 radical (unpaired) electrons. The summed E-state index contributed by atoms with van der Waals surface area (Å²) in [6, 6.07) is 5.22. The summed E-state index contributed by atoms with van der Waals surface area (Å²) in [7, 11) is 1.82. The SMILES string of the molecule is CNCCCC(NC(=O)C(NC(=O)CCOCCOCCOCCN)C(C)C)C(=O)Nc1ccc(CO)cc1. The average Bonchev–Trinajstić information content (AvgIpc) is 2.92. The zero-order valence-corrected chi connectivity index (χ0v) is 23.5. The maximum atomic E-state index is 13.1. The van der Waals surface area contributed by atoms with Gasteiger partial charge in [-0.2, -0.15) is 0 Å². The highest BCUT2D eigenvalue weighted by atomic mass is 16.5. The maximum Gasteiger partial charge on any atom is 0.246 e. The number of amides is 3. The number of carbonyl (C=O) groups is 3. The molecule has 3 amide bonds. The summed E-state index contributed by atoms with van der Waals surface area (Å²) in [4.78, 5) is 38.6. The summed E-state index contributed by atoms with van der Waals surface area (Å²) in [6.45, 7) is 7.03. The zero-order chi connectivity index (χ0) is 28.9. The van der Waals surface area contributed by atoms with E-state index in [2.05, 4.69) is 21.3 Å². The second-order valence-electron chi connectivity index (χ2n) is 9.32. The van der Waals surface area contributed by atoms with Gasteiger partial charge in [-0.15, -0.1) is 0 Å². The first-order valence-electron chi connectivity index (χ1n) is 13.5. The highest BCUT2D eigenvalue weighted by molar-refractivity contribution is 5.98. The smallest absolute Gasteiger partial charge is 0.246 e. The molecule has 1 rings (SSSR count). The van der Waals surface area contributed by atoms with Crippen LogP contribution >= 0.6 is 0 Å². The molecule has 12 nitrogen and oxygen atoms in total. The number of aliphatic hydroxyl groups is 1. The Hall–Kier alpha value is -2.61. The van der Waals surface area contributed by atoms with Crippen molar-refractivity contribution in [2.45, 2.75) is 51.8 Å². The van der Waals surface area contributed by atoms with Crippen molar-refractivity contribution in [2.24, 2.45) is 11.7 Å². The number of aliphatic hydroxyl groups excluding tert-OH is 1. The summed E-state index contributed by atoms with van der Waals surface area (Å²) < 4.78 is 16.0. The molecule has 39 heavy (non-hydrogen) atoms. The fourth-order valence-corrected chi connectivity index (χ4v) is 3.51. The molecular formula is C27H47N5O7. The number of hydrogen-bond donors (Lipinski definition) is 6. The van der Waals surface area contributed by atoms with Gasteiger partial charge < -0.3 is 46.3 Å². The lowest BCUT2D eigenvalue weighted by atomic mass is 10.0. The van der Waals surface area contributed by atoms with E-state index >= 15 is 0 Å². The number of nitrogens with one attached hydrogen (secondary N) is 4. The largest absolute Gasteiger partial charge is 0.392 e. The first-order valence-corrected chi connectivity index (χ1v) is 13.5. The van der Waals surface area contributed by atoms with Crippen LogP contribution in [0.25, 0.3) is 0 Å². The molecule has 0 aliphatic rings. The molecule has 2 unspecified atom stereocenters. The lowest BCUT2D eigenvalue weighted by Crippen LogP contribution is -2.54. The van der Waals surface area contributed by atoms with Gasteiger partial charge in [-0.1, -0.05) is 26.0 Å². The molecular weight excluding hydrogens is 506 g/mol. The summed E-state index contributed by atoms with van der Waals surface area (Å²) in [5.41, 5.74) is 6.62. The van der Waals surface area contributed by atoms with Gasteiger partial charge in [0.15, 0.2) is 0 Å². The van der Waals surface area contributed by atoms with Crippen LogP contribution in [0.2, 0.25) is 0 Å². The van der Waals surface area contributed by atoms with Crippen molar-refractivity contribution in [1.82, 2.24) is 16.0 Å². The van der Waals surface area contributed by atoms with Crippen molar-refractivity contribution in [3.63, 3.8) is 0 Å². The van der Waals surface area contributed by atoms with E-state index in [1.807, 2.05) is 20.9 Å². The third-order valence-electron chi connectivity index (χ3n) is 5.70. The van der Waals surface area contributed by atoms with Gasteiger partial charge in [0, 0.05) is 18.7 Å². The van der Waals surface area contributed by atoms with E-state index in [-0.39, 0.29) is 37.4 Å². The van der Waals surface area contributed by atoms with Crippen LogP contribution in [0, 0.1) is 5.92 Å². The minimum absolute atomic E-state index is 0.0893. The molecule has 1 aromatic carbocycles. The first kappa shape index (κ1) is 34.4. The Balaban J connectivity index is 2.56. The number of ether oxygens (including phenoxy) is 3. The molecule has 7 N–H and O–H groups in total. The average molecular weight is 554 g/mol. The number of anilines is 1. The third-order valence-corrected chi connectivity index (χ3v) is 5.70. The minimum atomic E-state index is -0.808. The molecule has 222 valence electrons. The van der Waals surface area contributed by atoms with Gasteiger partial charge in [0.05, 0.1) is 46.2 Å². The van der Waals surface area contributed by atoms with Crippen LogP contribution in [0.15, 0.2) is 24.3 Å². The Morgan fingerprint density at radius 3 is 2.08 bits per heavy atom. The Labute approximate surface area is 231 Å². The number of hydrogen-bond acceptors (Lipinski definition) is 9. The van der Waals surface area contributed by atoms with Crippen LogP contribution < -0.4 is 27.0 Å². The van der Waals surface area contributed by atoms with E-state index < -0.39 is 18.0 Å². The molecule has 0 bridgehead atoms. The van der Waals surface area contributed by atoms with Crippen molar-refractivity contribution >= 4 is 23.4 Å². The summed E-state index contributed by atoms with van der Waals surface area (Å²) in [6.07, 6.45) is 1.17. The van der Waals surface area contributed by atoms with E-state index in [1.165, 1.54) is 0 Å². The van der Waals surface area contributed by atoms with Crippen LogP contribution in [0.1, 0.15) is 38.7 Å². The Morgan fingerprint density at radius 1 is 0.897 bits per heavy atom. The summed E-state index contributed by atoms with van der Waals surface area (Å²) >= 11 is 0. The van der Waals surface area contributed by atoms with E-state index in [1.54, 1.807) is 24.3 Å². The van der Waals surface area contributed by atoms with Crippen molar-refractivity contribution < 1.29 is 33.7 Å². The van der Waals surface area contributed by atoms with Gasteiger partial charge in [-0.05, 0) is 50.0 Å². The first-order chi connectivity index (χ1) is 18.8. The summed E-state index contributed by atoms with van der Waals surface area (Å²) in [5, 5.41) is 20.6. The number of benzene rings is 1. The second-order valence-corrected chi connectivity index (χ2v) is 9.32. The summed E-state index contributed by atoms with van der Waals surface area (Å²) in [5.74, 6) is -1.30. The van der Waals surface area contributed by atoms with Crippen LogP contribution in [0.4, 0.5) is 5.69 Å². The van der Waals surface area contributed by atoms with Crippen molar-refractivity contribution in [3.05, 3.63) is 29.8 Å². The molecule has 0 spiro atoms. The van der Waals surface area contributed by atoms with Crippen molar-refractivity contribution in [1.29, 1.82) is 0 Å². The zero-order valence-electron chi connectivity index (χ0n) is 23.5.